The van der Waals surface area contributed by atoms with Crippen molar-refractivity contribution in [3.05, 3.63) is 35.1 Å². The van der Waals surface area contributed by atoms with Crippen LogP contribution in [0.5, 0.6) is 0 Å². The molecule has 0 aliphatic heterocycles. The normalized spacial score (nSPS) is 12.5. The van der Waals surface area contributed by atoms with Crippen molar-refractivity contribution < 1.29 is 19.0 Å². The van der Waals surface area contributed by atoms with E-state index in [2.05, 4.69) is 4.74 Å². The molecular formula is C11H13FO3. The maximum absolute atomic E-state index is 12.8. The maximum Gasteiger partial charge on any atom is 0.154 e. The minimum absolute atomic E-state index is 0.318. The zero-order valence-corrected chi connectivity index (χ0v) is 8.44. The molecule has 0 radical (unpaired) electrons. The predicted octanol–water partition coefficient (Wildman–Crippen LogP) is 1.54. The number of methoxy groups -OCH3 is 1. The Kier molecular flexibility index (Phi) is 4.39. The number of aliphatic hydroxyl groups excluding tert-OH is 1. The van der Waals surface area contributed by atoms with Gasteiger partial charge in [0.15, 0.2) is 6.29 Å². The number of carbonyl (C=O) groups is 1. The number of aryl methyl sites for hydroxylation is 1. The van der Waals surface area contributed by atoms with Gasteiger partial charge in [-0.3, -0.25) is 4.79 Å². The zero-order valence-electron chi connectivity index (χ0n) is 8.44. The van der Waals surface area contributed by atoms with Crippen LogP contribution in [0.3, 0.4) is 0 Å². The first-order valence-corrected chi connectivity index (χ1v) is 4.62. The summed E-state index contributed by atoms with van der Waals surface area (Å²) >= 11 is 0. The van der Waals surface area contributed by atoms with Gasteiger partial charge in [0.25, 0.3) is 0 Å². The number of hydrogen-bond donors (Lipinski definition) is 1. The smallest absolute Gasteiger partial charge is 0.154 e. The minimum atomic E-state index is -0.852. The number of rotatable bonds is 5. The van der Waals surface area contributed by atoms with Gasteiger partial charge >= 0.3 is 0 Å². The van der Waals surface area contributed by atoms with Crippen molar-refractivity contribution in [2.24, 2.45) is 0 Å². The topological polar surface area (TPSA) is 46.5 Å². The number of benzene rings is 1. The van der Waals surface area contributed by atoms with E-state index in [4.69, 9.17) is 5.11 Å². The lowest BCUT2D eigenvalue weighted by atomic mass is 10.0. The fourth-order valence-electron chi connectivity index (χ4n) is 1.30. The van der Waals surface area contributed by atoms with Crippen LogP contribution in [-0.4, -0.2) is 24.8 Å². The van der Waals surface area contributed by atoms with Gasteiger partial charge in [-0.15, -0.1) is 0 Å². The Balaban J connectivity index is 2.72. The first kappa shape index (κ1) is 11.8. The van der Waals surface area contributed by atoms with E-state index < -0.39 is 12.1 Å². The summed E-state index contributed by atoms with van der Waals surface area (Å²) in [6.45, 7) is 0. The SMILES string of the molecule is COC(O)CCc1ccc(F)cc1C=O. The molecule has 15 heavy (non-hydrogen) atoms. The van der Waals surface area contributed by atoms with E-state index in [0.717, 1.165) is 0 Å². The van der Waals surface area contributed by atoms with Gasteiger partial charge in [0.1, 0.15) is 12.1 Å². The molecule has 0 aromatic heterocycles. The first-order valence-electron chi connectivity index (χ1n) is 4.62. The van der Waals surface area contributed by atoms with Gasteiger partial charge in [-0.1, -0.05) is 6.07 Å². The highest BCUT2D eigenvalue weighted by Crippen LogP contribution is 2.12. The second-order valence-corrected chi connectivity index (χ2v) is 3.19. The van der Waals surface area contributed by atoms with Gasteiger partial charge < -0.3 is 9.84 Å². The van der Waals surface area contributed by atoms with E-state index in [1.54, 1.807) is 6.07 Å². The minimum Gasteiger partial charge on any atom is -0.368 e. The van der Waals surface area contributed by atoms with Crippen molar-refractivity contribution in [3.8, 4) is 0 Å². The van der Waals surface area contributed by atoms with Crippen molar-refractivity contribution in [1.82, 2.24) is 0 Å². The summed E-state index contributed by atoms with van der Waals surface area (Å²) in [5.41, 5.74) is 1.03. The molecule has 0 heterocycles. The van der Waals surface area contributed by atoms with Crippen LogP contribution in [0.4, 0.5) is 4.39 Å². The highest BCUT2D eigenvalue weighted by molar-refractivity contribution is 5.77. The molecule has 0 aliphatic rings. The van der Waals surface area contributed by atoms with Crippen LogP contribution in [0.1, 0.15) is 22.3 Å². The van der Waals surface area contributed by atoms with E-state index in [0.29, 0.717) is 30.3 Å². The standard InChI is InChI=1S/C11H13FO3/c1-15-11(14)5-3-8-2-4-10(12)6-9(8)7-13/h2,4,6-7,11,14H,3,5H2,1H3. The second-order valence-electron chi connectivity index (χ2n) is 3.19. The molecule has 1 rings (SSSR count). The molecular weight excluding hydrogens is 199 g/mol. The summed E-state index contributed by atoms with van der Waals surface area (Å²) in [7, 11) is 1.40. The van der Waals surface area contributed by atoms with Crippen LogP contribution in [0.2, 0.25) is 0 Å². The van der Waals surface area contributed by atoms with Crippen molar-refractivity contribution in [3.63, 3.8) is 0 Å². The molecule has 1 aromatic carbocycles. The highest BCUT2D eigenvalue weighted by Gasteiger charge is 2.06. The third-order valence-electron chi connectivity index (χ3n) is 2.17. The molecule has 0 saturated carbocycles. The van der Waals surface area contributed by atoms with Crippen molar-refractivity contribution in [2.75, 3.05) is 7.11 Å². The van der Waals surface area contributed by atoms with E-state index in [1.807, 2.05) is 0 Å². The van der Waals surface area contributed by atoms with Gasteiger partial charge in [0, 0.05) is 19.1 Å². The van der Waals surface area contributed by atoms with Gasteiger partial charge in [-0.05, 0) is 24.1 Å². The number of ether oxygens (including phenoxy) is 1. The molecule has 1 aromatic rings. The predicted molar refractivity (Wildman–Crippen MR) is 53.1 cm³/mol. The number of aldehydes is 1. The van der Waals surface area contributed by atoms with Crippen LogP contribution in [0, 0.1) is 5.82 Å². The number of hydrogen-bond acceptors (Lipinski definition) is 3. The zero-order chi connectivity index (χ0) is 11.3. The van der Waals surface area contributed by atoms with Gasteiger partial charge in [0.2, 0.25) is 0 Å². The fourth-order valence-corrected chi connectivity index (χ4v) is 1.30. The third kappa shape index (κ3) is 3.42. The number of carbonyl (C=O) groups excluding carboxylic acids is 1. The summed E-state index contributed by atoms with van der Waals surface area (Å²) in [4.78, 5) is 10.6. The Labute approximate surface area is 87.5 Å². The lowest BCUT2D eigenvalue weighted by molar-refractivity contribution is -0.0777. The summed E-state index contributed by atoms with van der Waals surface area (Å²) < 4.78 is 17.4. The fraction of sp³-hybridized carbons (Fsp3) is 0.364. The van der Waals surface area contributed by atoms with E-state index in [1.165, 1.54) is 19.2 Å². The van der Waals surface area contributed by atoms with E-state index >= 15 is 0 Å². The molecule has 0 bridgehead atoms. The van der Waals surface area contributed by atoms with E-state index in [-0.39, 0.29) is 0 Å². The van der Waals surface area contributed by atoms with Crippen LogP contribution in [0.15, 0.2) is 18.2 Å². The average molecular weight is 212 g/mol. The molecule has 1 N–H and O–H groups in total. The maximum atomic E-state index is 12.8. The Morgan fingerprint density at radius 2 is 2.33 bits per heavy atom. The largest absolute Gasteiger partial charge is 0.368 e. The molecule has 1 unspecified atom stereocenters. The van der Waals surface area contributed by atoms with Crippen molar-refractivity contribution >= 4 is 6.29 Å². The summed E-state index contributed by atoms with van der Waals surface area (Å²) in [6, 6.07) is 4.02. The lowest BCUT2D eigenvalue weighted by Gasteiger charge is -2.09. The molecule has 0 saturated heterocycles. The first-order chi connectivity index (χ1) is 7.17. The average Bonchev–Trinajstić information content (AvgIpc) is 2.26. The van der Waals surface area contributed by atoms with Gasteiger partial charge in [-0.25, -0.2) is 4.39 Å². The van der Waals surface area contributed by atoms with Crippen LogP contribution in [0.25, 0.3) is 0 Å². The van der Waals surface area contributed by atoms with Crippen LogP contribution >= 0.6 is 0 Å². The summed E-state index contributed by atoms with van der Waals surface area (Å²) in [5, 5.41) is 9.15. The molecule has 0 spiro atoms. The molecule has 82 valence electrons. The van der Waals surface area contributed by atoms with Crippen LogP contribution < -0.4 is 0 Å². The second kappa shape index (κ2) is 5.58. The summed E-state index contributed by atoms with van der Waals surface area (Å²) in [5.74, 6) is -0.437. The van der Waals surface area contributed by atoms with Crippen molar-refractivity contribution in [2.45, 2.75) is 19.1 Å². The molecule has 4 heteroatoms. The Hall–Kier alpha value is -1.26. The summed E-state index contributed by atoms with van der Waals surface area (Å²) in [6.07, 6.45) is 0.610. The van der Waals surface area contributed by atoms with Crippen LogP contribution in [-0.2, 0) is 11.2 Å². The highest BCUT2D eigenvalue weighted by atomic mass is 19.1. The van der Waals surface area contributed by atoms with Gasteiger partial charge in [0.05, 0.1) is 0 Å². The molecule has 3 nitrogen and oxygen atoms in total. The van der Waals surface area contributed by atoms with Gasteiger partial charge in [-0.2, -0.15) is 0 Å². The monoisotopic (exact) mass is 212 g/mol. The van der Waals surface area contributed by atoms with E-state index in [9.17, 15) is 9.18 Å². The Morgan fingerprint density at radius 1 is 1.60 bits per heavy atom. The Bertz CT molecular complexity index is 339. The third-order valence-corrected chi connectivity index (χ3v) is 2.17. The lowest BCUT2D eigenvalue weighted by Crippen LogP contribution is -2.10. The molecule has 0 fully saturated rings. The quantitative estimate of drug-likeness (QED) is 0.594. The number of halogens is 1. The number of aliphatic hydroxyl groups is 1. The Morgan fingerprint density at radius 3 is 2.93 bits per heavy atom. The van der Waals surface area contributed by atoms with Crippen molar-refractivity contribution in [1.29, 1.82) is 0 Å². The molecule has 1 atom stereocenters. The molecule has 0 aliphatic carbocycles. The molecule has 0 amide bonds.